The van der Waals surface area contributed by atoms with Crippen LogP contribution in [0.25, 0.3) is 0 Å². The predicted octanol–water partition coefficient (Wildman–Crippen LogP) is -0.507. The first-order valence-electron chi connectivity index (χ1n) is 12.0. The first-order chi connectivity index (χ1) is 17.8. The molecule has 1 saturated heterocycles. The topological polar surface area (TPSA) is 179 Å². The maximum atomic E-state index is 10.5. The zero-order chi connectivity index (χ0) is 26.9. The lowest BCUT2D eigenvalue weighted by atomic mass is 9.67. The van der Waals surface area contributed by atoms with Gasteiger partial charge < -0.3 is 54.7 Å². The molecule has 7 N–H and O–H groups in total. The largest absolute Gasteiger partial charge is 0.504 e. The summed E-state index contributed by atoms with van der Waals surface area (Å²) in [6.45, 7) is -0.929. The van der Waals surface area contributed by atoms with Gasteiger partial charge in [0.1, 0.15) is 24.4 Å². The third kappa shape index (κ3) is 5.08. The molecular weight excluding hydrogens is 488 g/mol. The average Bonchev–Trinajstić information content (AvgIpc) is 2.92. The Balaban J connectivity index is 1.71. The number of phenols is 1. The molecule has 37 heavy (non-hydrogen) atoms. The molecule has 0 amide bonds. The van der Waals surface area contributed by atoms with E-state index in [0.717, 1.165) is 16.7 Å². The molecule has 11 nitrogen and oxygen atoms in total. The van der Waals surface area contributed by atoms with Crippen molar-refractivity contribution in [2.75, 3.05) is 34.0 Å². The number of hydrogen-bond acceptors (Lipinski definition) is 11. The van der Waals surface area contributed by atoms with Gasteiger partial charge in [-0.15, -0.1) is 0 Å². The minimum atomic E-state index is -1.59. The highest BCUT2D eigenvalue weighted by molar-refractivity contribution is 5.54. The molecule has 4 rings (SSSR count). The van der Waals surface area contributed by atoms with Crippen LogP contribution in [0.5, 0.6) is 23.0 Å². The van der Waals surface area contributed by atoms with Gasteiger partial charge in [0.25, 0.3) is 0 Å². The van der Waals surface area contributed by atoms with Crippen molar-refractivity contribution in [2.45, 2.75) is 43.0 Å². The number of aliphatic hydroxyl groups excluding tert-OH is 6. The third-order valence-corrected chi connectivity index (χ3v) is 7.38. The van der Waals surface area contributed by atoms with Crippen molar-refractivity contribution in [2.24, 2.45) is 11.8 Å². The van der Waals surface area contributed by atoms with Crippen LogP contribution in [0.2, 0.25) is 0 Å². The molecule has 11 heteroatoms. The van der Waals surface area contributed by atoms with Crippen molar-refractivity contribution in [3.63, 3.8) is 0 Å². The fourth-order valence-corrected chi connectivity index (χ4v) is 5.34. The van der Waals surface area contributed by atoms with Gasteiger partial charge >= 0.3 is 0 Å². The summed E-state index contributed by atoms with van der Waals surface area (Å²) in [5, 5.41) is 70.7. The van der Waals surface area contributed by atoms with Crippen LogP contribution in [0.15, 0.2) is 30.3 Å². The first-order valence-corrected chi connectivity index (χ1v) is 12.0. The standard InChI is InChI=1S/C26H34O11/c1-34-19-7-13-5-14(9-27)16(10-28)22(15(13)8-17(19)30)12-3-4-18(20(6-12)35-2)36-26-25(33)24(32)23(31)21(11-29)37-26/h3-4,6-8,14,16,21-33H,5,9-11H2,1-2H3/t14-,16-,21-,22?,23-,24+,25-,26-/m1/s1. The molecule has 0 radical (unpaired) electrons. The number of methoxy groups -OCH3 is 2. The van der Waals surface area contributed by atoms with E-state index in [1.54, 1.807) is 30.3 Å². The maximum absolute atomic E-state index is 10.5. The van der Waals surface area contributed by atoms with Gasteiger partial charge in [0, 0.05) is 19.1 Å². The summed E-state index contributed by atoms with van der Waals surface area (Å²) in [5.74, 6) is -0.296. The summed E-state index contributed by atoms with van der Waals surface area (Å²) in [6.07, 6.45) is -6.71. The van der Waals surface area contributed by atoms with Crippen LogP contribution >= 0.6 is 0 Å². The maximum Gasteiger partial charge on any atom is 0.229 e. The lowest BCUT2D eigenvalue weighted by Gasteiger charge is -2.40. The Labute approximate surface area is 214 Å². The van der Waals surface area contributed by atoms with Crippen molar-refractivity contribution in [3.8, 4) is 23.0 Å². The van der Waals surface area contributed by atoms with Crippen molar-refractivity contribution >= 4 is 0 Å². The predicted molar refractivity (Wildman–Crippen MR) is 129 cm³/mol. The summed E-state index contributed by atoms with van der Waals surface area (Å²) in [4.78, 5) is 0. The van der Waals surface area contributed by atoms with Gasteiger partial charge in [0.15, 0.2) is 23.0 Å². The molecule has 1 fully saturated rings. The lowest BCUT2D eigenvalue weighted by Crippen LogP contribution is -2.60. The molecule has 1 heterocycles. The first kappa shape index (κ1) is 27.4. The molecule has 0 saturated carbocycles. The van der Waals surface area contributed by atoms with Gasteiger partial charge in [-0.25, -0.2) is 0 Å². The molecule has 1 aliphatic heterocycles. The van der Waals surface area contributed by atoms with Gasteiger partial charge in [-0.3, -0.25) is 0 Å². The number of rotatable bonds is 8. The second-order valence-electron chi connectivity index (χ2n) is 9.42. The van der Waals surface area contributed by atoms with Crippen molar-refractivity contribution < 1.29 is 54.7 Å². The van der Waals surface area contributed by atoms with Crippen LogP contribution in [0.3, 0.4) is 0 Å². The molecule has 2 aromatic carbocycles. The Morgan fingerprint density at radius 2 is 1.57 bits per heavy atom. The highest BCUT2D eigenvalue weighted by Crippen LogP contribution is 2.48. The van der Waals surface area contributed by atoms with Crippen LogP contribution in [0.4, 0.5) is 0 Å². The third-order valence-electron chi connectivity index (χ3n) is 7.38. The summed E-state index contributed by atoms with van der Waals surface area (Å²) in [5.41, 5.74) is 2.39. The molecule has 2 aliphatic rings. The molecule has 8 atom stereocenters. The van der Waals surface area contributed by atoms with Crippen molar-refractivity contribution in [1.29, 1.82) is 0 Å². The van der Waals surface area contributed by atoms with Crippen LogP contribution < -0.4 is 14.2 Å². The fourth-order valence-electron chi connectivity index (χ4n) is 5.34. The Morgan fingerprint density at radius 3 is 2.19 bits per heavy atom. The zero-order valence-corrected chi connectivity index (χ0v) is 20.6. The normalized spacial score (nSPS) is 31.5. The van der Waals surface area contributed by atoms with Crippen molar-refractivity contribution in [3.05, 3.63) is 47.0 Å². The number of aromatic hydroxyl groups is 1. The minimum Gasteiger partial charge on any atom is -0.504 e. The van der Waals surface area contributed by atoms with Gasteiger partial charge in [-0.05, 0) is 59.2 Å². The Kier molecular flexibility index (Phi) is 8.44. The van der Waals surface area contributed by atoms with E-state index in [1.807, 2.05) is 0 Å². The monoisotopic (exact) mass is 522 g/mol. The van der Waals surface area contributed by atoms with Crippen LogP contribution in [-0.4, -0.2) is 100 Å². The van der Waals surface area contributed by atoms with E-state index >= 15 is 0 Å². The number of phenolic OH excluding ortho intramolecular Hbond substituents is 1. The van der Waals surface area contributed by atoms with Crippen LogP contribution in [-0.2, 0) is 11.2 Å². The number of ether oxygens (including phenoxy) is 4. The molecular formula is C26H34O11. The van der Waals surface area contributed by atoms with E-state index in [1.165, 1.54) is 14.2 Å². The van der Waals surface area contributed by atoms with E-state index in [9.17, 15) is 35.7 Å². The number of benzene rings is 2. The van der Waals surface area contributed by atoms with Gasteiger partial charge in [0.2, 0.25) is 6.29 Å². The molecule has 2 aromatic rings. The molecule has 0 spiro atoms. The molecule has 0 bridgehead atoms. The smallest absolute Gasteiger partial charge is 0.229 e. The van der Waals surface area contributed by atoms with E-state index < -0.39 is 43.2 Å². The quantitative estimate of drug-likeness (QED) is 0.238. The van der Waals surface area contributed by atoms with Crippen LogP contribution in [0, 0.1) is 11.8 Å². The molecule has 1 unspecified atom stereocenters. The summed E-state index contributed by atoms with van der Waals surface area (Å²) >= 11 is 0. The highest BCUT2D eigenvalue weighted by Gasteiger charge is 2.45. The van der Waals surface area contributed by atoms with E-state index in [4.69, 9.17) is 18.9 Å². The number of fused-ring (bicyclic) bond motifs is 1. The number of hydrogen-bond donors (Lipinski definition) is 7. The second-order valence-corrected chi connectivity index (χ2v) is 9.42. The van der Waals surface area contributed by atoms with Crippen molar-refractivity contribution in [1.82, 2.24) is 0 Å². The SMILES string of the molecule is COc1cc2c(cc1O)C(c1ccc(O[C@@H]3O[C@H](CO)[C@@H](O)[C@H](O)[C@H]3O)c(OC)c1)[C@H](CO)[C@@H](CO)C2. The summed E-state index contributed by atoms with van der Waals surface area (Å²) in [6, 6.07) is 8.36. The Bertz CT molecular complexity index is 1070. The lowest BCUT2D eigenvalue weighted by molar-refractivity contribution is -0.277. The van der Waals surface area contributed by atoms with Gasteiger partial charge in [-0.2, -0.15) is 0 Å². The average molecular weight is 523 g/mol. The van der Waals surface area contributed by atoms with Crippen LogP contribution in [0.1, 0.15) is 22.6 Å². The minimum absolute atomic E-state index is 0.0417. The Hall–Kier alpha value is -2.64. The number of aliphatic hydroxyl groups is 6. The molecule has 0 aromatic heterocycles. The molecule has 1 aliphatic carbocycles. The Morgan fingerprint density at radius 1 is 0.838 bits per heavy atom. The van der Waals surface area contributed by atoms with E-state index in [-0.39, 0.29) is 42.3 Å². The van der Waals surface area contributed by atoms with Gasteiger partial charge in [-0.1, -0.05) is 6.07 Å². The van der Waals surface area contributed by atoms with Gasteiger partial charge in [0.05, 0.1) is 20.8 Å². The summed E-state index contributed by atoms with van der Waals surface area (Å²) in [7, 11) is 2.88. The zero-order valence-electron chi connectivity index (χ0n) is 20.6. The second kappa shape index (κ2) is 11.4. The highest BCUT2D eigenvalue weighted by atomic mass is 16.7. The molecule has 204 valence electrons. The van der Waals surface area contributed by atoms with E-state index in [0.29, 0.717) is 12.2 Å². The fraction of sp³-hybridized carbons (Fsp3) is 0.538. The summed E-state index contributed by atoms with van der Waals surface area (Å²) < 4.78 is 22.0. The van der Waals surface area contributed by atoms with E-state index in [2.05, 4.69) is 0 Å².